The van der Waals surface area contributed by atoms with Crippen LogP contribution < -0.4 is 10.1 Å². The Kier molecular flexibility index (Phi) is 3.65. The topological polar surface area (TPSA) is 87.2 Å². The normalized spacial score (nSPS) is 10.6. The van der Waals surface area contributed by atoms with Crippen molar-refractivity contribution >= 4 is 28.6 Å². The molecular weight excluding hydrogens is 282 g/mol. The highest BCUT2D eigenvalue weighted by Crippen LogP contribution is 2.22. The van der Waals surface area contributed by atoms with Gasteiger partial charge in [0.2, 0.25) is 5.95 Å². The Morgan fingerprint density at radius 3 is 2.73 bits per heavy atom. The van der Waals surface area contributed by atoms with Crippen LogP contribution in [0, 0.1) is 0 Å². The standard InChI is InChI=1S/C16H15N3O3/c1-2-22-12-7-8-13-14(9-12)19-16(18-13)17-11-5-3-10(4-6-11)15(20)21/h3-9H,2H2,1H3,(H,20,21)(H2,17,18,19). The molecule has 0 aliphatic heterocycles. The van der Waals surface area contributed by atoms with Gasteiger partial charge in [0, 0.05) is 11.8 Å². The van der Waals surface area contributed by atoms with Gasteiger partial charge in [-0.3, -0.25) is 0 Å². The van der Waals surface area contributed by atoms with Crippen LogP contribution in [0.3, 0.4) is 0 Å². The van der Waals surface area contributed by atoms with Crippen molar-refractivity contribution in [1.82, 2.24) is 9.97 Å². The molecule has 6 nitrogen and oxygen atoms in total. The highest BCUT2D eigenvalue weighted by Gasteiger charge is 2.06. The lowest BCUT2D eigenvalue weighted by Crippen LogP contribution is -1.97. The Hall–Kier alpha value is -3.02. The maximum Gasteiger partial charge on any atom is 0.335 e. The molecule has 0 radical (unpaired) electrons. The third-order valence-corrected chi connectivity index (χ3v) is 3.16. The number of rotatable bonds is 5. The van der Waals surface area contributed by atoms with Crippen molar-refractivity contribution in [3.05, 3.63) is 48.0 Å². The monoisotopic (exact) mass is 297 g/mol. The van der Waals surface area contributed by atoms with Crippen LogP contribution in [-0.2, 0) is 0 Å². The molecule has 1 heterocycles. The van der Waals surface area contributed by atoms with Crippen molar-refractivity contribution in [2.24, 2.45) is 0 Å². The summed E-state index contributed by atoms with van der Waals surface area (Å²) < 4.78 is 5.45. The zero-order chi connectivity index (χ0) is 15.5. The van der Waals surface area contributed by atoms with E-state index < -0.39 is 5.97 Å². The average molecular weight is 297 g/mol. The average Bonchev–Trinajstić information content (AvgIpc) is 2.89. The van der Waals surface area contributed by atoms with Gasteiger partial charge in [0.25, 0.3) is 0 Å². The van der Waals surface area contributed by atoms with Crippen LogP contribution in [0.15, 0.2) is 42.5 Å². The molecule has 6 heteroatoms. The van der Waals surface area contributed by atoms with E-state index in [1.54, 1.807) is 24.3 Å². The smallest absolute Gasteiger partial charge is 0.335 e. The number of carbonyl (C=O) groups is 1. The van der Waals surface area contributed by atoms with Crippen LogP contribution in [0.2, 0.25) is 0 Å². The van der Waals surface area contributed by atoms with Crippen LogP contribution >= 0.6 is 0 Å². The van der Waals surface area contributed by atoms with Gasteiger partial charge in [-0.2, -0.15) is 0 Å². The third kappa shape index (κ3) is 2.85. The third-order valence-electron chi connectivity index (χ3n) is 3.16. The van der Waals surface area contributed by atoms with Crippen LogP contribution in [0.5, 0.6) is 5.75 Å². The first-order chi connectivity index (χ1) is 10.7. The molecule has 0 saturated heterocycles. The Morgan fingerprint density at radius 2 is 2.05 bits per heavy atom. The first-order valence-corrected chi connectivity index (χ1v) is 6.88. The number of imidazole rings is 1. The number of fused-ring (bicyclic) bond motifs is 1. The number of anilines is 2. The SMILES string of the molecule is CCOc1ccc2nc(Nc3ccc(C(=O)O)cc3)[nH]c2c1. The lowest BCUT2D eigenvalue weighted by Gasteiger charge is -2.02. The van der Waals surface area contributed by atoms with Gasteiger partial charge in [0.05, 0.1) is 23.2 Å². The van der Waals surface area contributed by atoms with Crippen molar-refractivity contribution in [1.29, 1.82) is 0 Å². The van der Waals surface area contributed by atoms with Crippen molar-refractivity contribution in [3.63, 3.8) is 0 Å². The fourth-order valence-corrected chi connectivity index (χ4v) is 2.14. The molecule has 0 amide bonds. The lowest BCUT2D eigenvalue weighted by molar-refractivity contribution is 0.0697. The van der Waals surface area contributed by atoms with E-state index in [0.29, 0.717) is 12.6 Å². The van der Waals surface area contributed by atoms with E-state index in [1.807, 2.05) is 25.1 Å². The van der Waals surface area contributed by atoms with E-state index in [2.05, 4.69) is 15.3 Å². The number of ether oxygens (including phenoxy) is 1. The fraction of sp³-hybridized carbons (Fsp3) is 0.125. The number of aromatic amines is 1. The Balaban J connectivity index is 1.82. The number of hydrogen-bond donors (Lipinski definition) is 3. The minimum atomic E-state index is -0.946. The molecule has 0 fully saturated rings. The largest absolute Gasteiger partial charge is 0.494 e. The Morgan fingerprint density at radius 1 is 1.27 bits per heavy atom. The number of nitrogens with one attached hydrogen (secondary N) is 2. The second kappa shape index (κ2) is 5.77. The predicted octanol–water partition coefficient (Wildman–Crippen LogP) is 3.40. The van der Waals surface area contributed by atoms with Crippen molar-refractivity contribution in [3.8, 4) is 5.75 Å². The highest BCUT2D eigenvalue weighted by atomic mass is 16.5. The van der Waals surface area contributed by atoms with Crippen LogP contribution in [0.4, 0.5) is 11.6 Å². The van der Waals surface area contributed by atoms with Gasteiger partial charge in [-0.1, -0.05) is 0 Å². The predicted molar refractivity (Wildman–Crippen MR) is 83.9 cm³/mol. The summed E-state index contributed by atoms with van der Waals surface area (Å²) >= 11 is 0. The summed E-state index contributed by atoms with van der Waals surface area (Å²) in [5.74, 6) is 0.432. The second-order valence-electron chi connectivity index (χ2n) is 4.70. The number of aromatic carboxylic acids is 1. The van der Waals surface area contributed by atoms with E-state index in [-0.39, 0.29) is 5.56 Å². The molecule has 0 spiro atoms. The molecule has 0 atom stereocenters. The number of aromatic nitrogens is 2. The first-order valence-electron chi connectivity index (χ1n) is 6.88. The first kappa shape index (κ1) is 13.9. The number of nitrogens with zero attached hydrogens (tertiary/aromatic N) is 1. The van der Waals surface area contributed by atoms with Crippen LogP contribution in [0.1, 0.15) is 17.3 Å². The molecule has 22 heavy (non-hydrogen) atoms. The maximum absolute atomic E-state index is 10.8. The van der Waals surface area contributed by atoms with E-state index in [4.69, 9.17) is 9.84 Å². The summed E-state index contributed by atoms with van der Waals surface area (Å²) in [5.41, 5.74) is 2.70. The summed E-state index contributed by atoms with van der Waals surface area (Å²) in [6.07, 6.45) is 0. The van der Waals surface area contributed by atoms with Gasteiger partial charge in [-0.15, -0.1) is 0 Å². The number of H-pyrrole nitrogens is 1. The molecule has 1 aromatic heterocycles. The fourth-order valence-electron chi connectivity index (χ4n) is 2.14. The zero-order valence-corrected chi connectivity index (χ0v) is 12.0. The van der Waals surface area contributed by atoms with E-state index in [1.165, 1.54) is 0 Å². The van der Waals surface area contributed by atoms with Crippen molar-refractivity contribution in [2.75, 3.05) is 11.9 Å². The van der Waals surface area contributed by atoms with Gasteiger partial charge in [0.15, 0.2) is 0 Å². The van der Waals surface area contributed by atoms with E-state index in [9.17, 15) is 4.79 Å². The Bertz CT molecular complexity index is 809. The number of carboxylic acid groups (broad SMARTS) is 1. The number of carboxylic acids is 1. The molecule has 0 unspecified atom stereocenters. The van der Waals surface area contributed by atoms with Crippen molar-refractivity contribution < 1.29 is 14.6 Å². The van der Waals surface area contributed by atoms with Gasteiger partial charge in [-0.25, -0.2) is 9.78 Å². The summed E-state index contributed by atoms with van der Waals surface area (Å²) in [5, 5.41) is 12.0. The number of benzene rings is 2. The molecule has 0 saturated carbocycles. The van der Waals surface area contributed by atoms with Gasteiger partial charge in [-0.05, 0) is 43.3 Å². The molecular formula is C16H15N3O3. The van der Waals surface area contributed by atoms with E-state index in [0.717, 1.165) is 22.5 Å². The van der Waals surface area contributed by atoms with E-state index >= 15 is 0 Å². The van der Waals surface area contributed by atoms with Gasteiger partial charge in [0.1, 0.15) is 5.75 Å². The van der Waals surface area contributed by atoms with Crippen LogP contribution in [-0.4, -0.2) is 27.7 Å². The minimum absolute atomic E-state index is 0.247. The maximum atomic E-state index is 10.8. The lowest BCUT2D eigenvalue weighted by atomic mass is 10.2. The molecule has 0 aliphatic carbocycles. The molecule has 3 N–H and O–H groups in total. The summed E-state index contributed by atoms with van der Waals surface area (Å²) in [6, 6.07) is 12.1. The molecule has 3 aromatic rings. The second-order valence-corrected chi connectivity index (χ2v) is 4.70. The number of hydrogen-bond acceptors (Lipinski definition) is 4. The Labute approximate surface area is 126 Å². The highest BCUT2D eigenvalue weighted by molar-refractivity contribution is 5.88. The molecule has 0 aliphatic rings. The molecule has 2 aromatic carbocycles. The minimum Gasteiger partial charge on any atom is -0.494 e. The molecule has 3 rings (SSSR count). The molecule has 112 valence electrons. The van der Waals surface area contributed by atoms with Gasteiger partial charge < -0.3 is 20.1 Å². The molecule has 0 bridgehead atoms. The summed E-state index contributed by atoms with van der Waals surface area (Å²) in [4.78, 5) is 18.4. The quantitative estimate of drug-likeness (QED) is 0.672. The summed E-state index contributed by atoms with van der Waals surface area (Å²) in [6.45, 7) is 2.55. The van der Waals surface area contributed by atoms with Crippen LogP contribution in [0.25, 0.3) is 11.0 Å². The van der Waals surface area contributed by atoms with Gasteiger partial charge >= 0.3 is 5.97 Å². The van der Waals surface area contributed by atoms with Crippen molar-refractivity contribution in [2.45, 2.75) is 6.92 Å². The zero-order valence-electron chi connectivity index (χ0n) is 12.0. The summed E-state index contributed by atoms with van der Waals surface area (Å²) in [7, 11) is 0.